The lowest BCUT2D eigenvalue weighted by Gasteiger charge is -2.10. The fraction of sp³-hybridized carbons (Fsp3) is 0.143. The maximum absolute atomic E-state index is 12.5. The number of aromatic nitrogens is 2. The van der Waals surface area contributed by atoms with Gasteiger partial charge in [0.25, 0.3) is 5.91 Å². The maximum atomic E-state index is 12.5. The molecule has 1 heterocycles. The van der Waals surface area contributed by atoms with Crippen molar-refractivity contribution in [2.45, 2.75) is 13.8 Å². The van der Waals surface area contributed by atoms with Gasteiger partial charge in [-0.25, -0.2) is 14.8 Å². The molecule has 0 bridgehead atoms. The average molecular weight is 376 g/mol. The molecular formula is C21H20N4O3. The van der Waals surface area contributed by atoms with E-state index in [1.54, 1.807) is 30.3 Å². The first-order chi connectivity index (χ1) is 13.5. The standard InChI is InChI=1S/C21H20N4O3/c1-13-4-9-17(14(2)10-13)25-20(26)18-11-19(23-12-22-18)24-16-7-5-15(6-8-16)21(27)28-3/h4-12H,1-3H3,(H,25,26)(H,22,23,24). The topological polar surface area (TPSA) is 93.2 Å². The van der Waals surface area contributed by atoms with E-state index in [9.17, 15) is 9.59 Å². The van der Waals surface area contributed by atoms with E-state index >= 15 is 0 Å². The number of carbonyl (C=O) groups excluding carboxylic acids is 2. The Morgan fingerprint density at radius 2 is 1.71 bits per heavy atom. The van der Waals surface area contributed by atoms with Crippen LogP contribution in [0, 0.1) is 13.8 Å². The highest BCUT2D eigenvalue weighted by Crippen LogP contribution is 2.19. The highest BCUT2D eigenvalue weighted by molar-refractivity contribution is 6.03. The number of hydrogen-bond donors (Lipinski definition) is 2. The maximum Gasteiger partial charge on any atom is 0.337 e. The van der Waals surface area contributed by atoms with Crippen LogP contribution in [0.15, 0.2) is 54.9 Å². The number of hydrogen-bond acceptors (Lipinski definition) is 6. The van der Waals surface area contributed by atoms with Crippen molar-refractivity contribution in [1.82, 2.24) is 9.97 Å². The molecule has 0 aliphatic rings. The lowest BCUT2D eigenvalue weighted by Crippen LogP contribution is -2.15. The summed E-state index contributed by atoms with van der Waals surface area (Å²) in [7, 11) is 1.33. The molecule has 7 heteroatoms. The summed E-state index contributed by atoms with van der Waals surface area (Å²) in [6, 6.07) is 14.1. The largest absolute Gasteiger partial charge is 0.465 e. The molecule has 0 spiro atoms. The van der Waals surface area contributed by atoms with Crippen LogP contribution in [0.5, 0.6) is 0 Å². The summed E-state index contributed by atoms with van der Waals surface area (Å²) in [5.41, 5.74) is 4.25. The van der Waals surface area contributed by atoms with Gasteiger partial charge in [-0.05, 0) is 49.7 Å². The summed E-state index contributed by atoms with van der Waals surface area (Å²) in [6.45, 7) is 3.94. The van der Waals surface area contributed by atoms with E-state index in [0.717, 1.165) is 16.8 Å². The third-order valence-corrected chi connectivity index (χ3v) is 4.11. The predicted octanol–water partition coefficient (Wildman–Crippen LogP) is 3.88. The molecular weight excluding hydrogens is 356 g/mol. The van der Waals surface area contributed by atoms with Gasteiger partial charge >= 0.3 is 5.97 Å². The number of methoxy groups -OCH3 is 1. The SMILES string of the molecule is COC(=O)c1ccc(Nc2cc(C(=O)Nc3ccc(C)cc3C)ncn2)cc1. The zero-order chi connectivity index (χ0) is 20.1. The van der Waals surface area contributed by atoms with Crippen molar-refractivity contribution in [3.05, 3.63) is 77.2 Å². The minimum atomic E-state index is -0.404. The lowest BCUT2D eigenvalue weighted by atomic mass is 10.1. The molecule has 0 aliphatic carbocycles. The Kier molecular flexibility index (Phi) is 5.64. The smallest absolute Gasteiger partial charge is 0.337 e. The predicted molar refractivity (Wildman–Crippen MR) is 107 cm³/mol. The Labute approximate surface area is 162 Å². The molecule has 0 atom stereocenters. The van der Waals surface area contributed by atoms with Crippen LogP contribution < -0.4 is 10.6 Å². The third-order valence-electron chi connectivity index (χ3n) is 4.11. The van der Waals surface area contributed by atoms with E-state index < -0.39 is 5.97 Å². The van der Waals surface area contributed by atoms with Gasteiger partial charge in [0.15, 0.2) is 0 Å². The minimum absolute atomic E-state index is 0.239. The van der Waals surface area contributed by atoms with Gasteiger partial charge in [0, 0.05) is 17.4 Å². The van der Waals surface area contributed by atoms with E-state index in [2.05, 4.69) is 25.3 Å². The van der Waals surface area contributed by atoms with E-state index in [1.165, 1.54) is 13.4 Å². The highest BCUT2D eigenvalue weighted by atomic mass is 16.5. The Balaban J connectivity index is 1.72. The average Bonchev–Trinajstić information content (AvgIpc) is 2.70. The first-order valence-electron chi connectivity index (χ1n) is 8.62. The molecule has 1 amide bonds. The Morgan fingerprint density at radius 1 is 0.964 bits per heavy atom. The normalized spacial score (nSPS) is 10.2. The van der Waals surface area contributed by atoms with Crippen LogP contribution in [-0.2, 0) is 4.74 Å². The molecule has 3 aromatic rings. The van der Waals surface area contributed by atoms with E-state index in [4.69, 9.17) is 0 Å². The van der Waals surface area contributed by atoms with Gasteiger partial charge in [-0.15, -0.1) is 0 Å². The number of amides is 1. The van der Waals surface area contributed by atoms with Crippen LogP contribution in [0.25, 0.3) is 0 Å². The third kappa shape index (κ3) is 4.50. The van der Waals surface area contributed by atoms with Gasteiger partial charge in [-0.2, -0.15) is 0 Å². The minimum Gasteiger partial charge on any atom is -0.465 e. The van der Waals surface area contributed by atoms with E-state index in [1.807, 2.05) is 32.0 Å². The first-order valence-corrected chi connectivity index (χ1v) is 8.62. The fourth-order valence-electron chi connectivity index (χ4n) is 2.65. The van der Waals surface area contributed by atoms with Crippen molar-refractivity contribution in [1.29, 1.82) is 0 Å². The number of nitrogens with zero attached hydrogens (tertiary/aromatic N) is 2. The van der Waals surface area contributed by atoms with Crippen LogP contribution in [0.4, 0.5) is 17.2 Å². The van der Waals surface area contributed by atoms with Crippen molar-refractivity contribution in [3.8, 4) is 0 Å². The number of rotatable bonds is 5. The molecule has 0 aliphatic heterocycles. The second kappa shape index (κ2) is 8.30. The molecule has 0 fully saturated rings. The van der Waals surface area contributed by atoms with Gasteiger partial charge in [0.05, 0.1) is 12.7 Å². The molecule has 2 aromatic carbocycles. The van der Waals surface area contributed by atoms with Gasteiger partial charge in [-0.3, -0.25) is 4.79 Å². The number of carbonyl (C=O) groups is 2. The second-order valence-corrected chi connectivity index (χ2v) is 6.25. The molecule has 3 rings (SSSR count). The number of aryl methyl sites for hydroxylation is 2. The summed E-state index contributed by atoms with van der Waals surface area (Å²) < 4.78 is 4.68. The Morgan fingerprint density at radius 3 is 2.39 bits per heavy atom. The van der Waals surface area contributed by atoms with Crippen molar-refractivity contribution >= 4 is 29.1 Å². The Bertz CT molecular complexity index is 1020. The molecule has 2 N–H and O–H groups in total. The molecule has 0 unspecified atom stereocenters. The molecule has 7 nitrogen and oxygen atoms in total. The molecule has 0 saturated heterocycles. The first kappa shape index (κ1) is 19.0. The number of esters is 1. The molecule has 28 heavy (non-hydrogen) atoms. The lowest BCUT2D eigenvalue weighted by molar-refractivity contribution is 0.0600. The summed E-state index contributed by atoms with van der Waals surface area (Å²) in [6.07, 6.45) is 1.32. The zero-order valence-electron chi connectivity index (χ0n) is 15.8. The van der Waals surface area contributed by atoms with Gasteiger partial charge in [-0.1, -0.05) is 17.7 Å². The van der Waals surface area contributed by atoms with Crippen LogP contribution in [0.2, 0.25) is 0 Å². The van der Waals surface area contributed by atoms with Gasteiger partial charge in [0.2, 0.25) is 0 Å². The van der Waals surface area contributed by atoms with Crippen LogP contribution in [0.1, 0.15) is 32.0 Å². The number of benzene rings is 2. The van der Waals surface area contributed by atoms with E-state index in [0.29, 0.717) is 17.1 Å². The van der Waals surface area contributed by atoms with Gasteiger partial charge in [0.1, 0.15) is 17.8 Å². The summed E-state index contributed by atoms with van der Waals surface area (Å²) in [4.78, 5) is 32.2. The Hall–Kier alpha value is -3.74. The molecule has 142 valence electrons. The monoisotopic (exact) mass is 376 g/mol. The second-order valence-electron chi connectivity index (χ2n) is 6.25. The highest BCUT2D eigenvalue weighted by Gasteiger charge is 2.11. The van der Waals surface area contributed by atoms with Crippen molar-refractivity contribution < 1.29 is 14.3 Å². The van der Waals surface area contributed by atoms with E-state index in [-0.39, 0.29) is 11.6 Å². The fourth-order valence-corrected chi connectivity index (χ4v) is 2.65. The van der Waals surface area contributed by atoms with Crippen LogP contribution in [0.3, 0.4) is 0 Å². The van der Waals surface area contributed by atoms with Crippen molar-refractivity contribution in [2.24, 2.45) is 0 Å². The van der Waals surface area contributed by atoms with Gasteiger partial charge < -0.3 is 15.4 Å². The zero-order valence-corrected chi connectivity index (χ0v) is 15.8. The van der Waals surface area contributed by atoms with Crippen molar-refractivity contribution in [2.75, 3.05) is 17.7 Å². The molecule has 1 aromatic heterocycles. The number of anilines is 3. The number of ether oxygens (including phenoxy) is 1. The summed E-state index contributed by atoms with van der Waals surface area (Å²) in [5.74, 6) is -0.260. The molecule has 0 saturated carbocycles. The molecule has 0 radical (unpaired) electrons. The van der Waals surface area contributed by atoms with Crippen molar-refractivity contribution in [3.63, 3.8) is 0 Å². The van der Waals surface area contributed by atoms with Crippen LogP contribution >= 0.6 is 0 Å². The van der Waals surface area contributed by atoms with Crippen LogP contribution in [-0.4, -0.2) is 29.0 Å². The summed E-state index contributed by atoms with van der Waals surface area (Å²) in [5, 5.41) is 5.95. The summed E-state index contributed by atoms with van der Waals surface area (Å²) >= 11 is 0. The quantitative estimate of drug-likeness (QED) is 0.657. The number of nitrogens with one attached hydrogen (secondary N) is 2.